The smallest absolute Gasteiger partial charge is 0.406 e. The van der Waals surface area contributed by atoms with Gasteiger partial charge in [-0.3, -0.25) is 9.69 Å². The van der Waals surface area contributed by atoms with Crippen molar-refractivity contribution in [2.24, 2.45) is 5.41 Å². The second kappa shape index (κ2) is 6.11. The molecule has 1 N–H and O–H groups in total. The zero-order valence-electron chi connectivity index (χ0n) is 11.5. The highest BCUT2D eigenvalue weighted by Crippen LogP contribution is 2.46. The van der Waals surface area contributed by atoms with Crippen molar-refractivity contribution in [1.29, 1.82) is 0 Å². The van der Waals surface area contributed by atoms with Crippen LogP contribution in [0.1, 0.15) is 46.0 Å². The molecule has 1 saturated heterocycles. The third-order valence-electron chi connectivity index (χ3n) is 4.01. The highest BCUT2D eigenvalue weighted by molar-refractivity contribution is 5.76. The molecule has 0 aromatic heterocycles. The number of carboxylic acid groups (broad SMARTS) is 1. The van der Waals surface area contributed by atoms with Gasteiger partial charge in [-0.25, -0.2) is 0 Å². The summed E-state index contributed by atoms with van der Waals surface area (Å²) in [7, 11) is 0. The number of alkyl halides is 3. The van der Waals surface area contributed by atoms with Crippen molar-refractivity contribution in [2.45, 2.75) is 58.2 Å². The van der Waals surface area contributed by atoms with Gasteiger partial charge < -0.3 is 5.11 Å². The van der Waals surface area contributed by atoms with E-state index in [1.54, 1.807) is 4.90 Å². The summed E-state index contributed by atoms with van der Waals surface area (Å²) >= 11 is 0. The van der Waals surface area contributed by atoms with Crippen LogP contribution in [0.5, 0.6) is 0 Å². The second-order valence-electron chi connectivity index (χ2n) is 5.34. The minimum absolute atomic E-state index is 0.0681. The standard InChI is InChI=1S/C13H22F3NO2/c1-3-5-10(6-4-2)17-8-7-12(9-17,11(18)19)13(14,15)16/h10H,3-9H2,1-2H3,(H,18,19). The molecule has 1 heterocycles. The summed E-state index contributed by atoms with van der Waals surface area (Å²) in [5.74, 6) is -1.74. The summed E-state index contributed by atoms with van der Waals surface area (Å²) in [5.41, 5.74) is -2.58. The second-order valence-corrected chi connectivity index (χ2v) is 5.34. The third kappa shape index (κ3) is 3.22. The summed E-state index contributed by atoms with van der Waals surface area (Å²) in [6, 6.07) is 0.0681. The predicted molar refractivity (Wildman–Crippen MR) is 65.9 cm³/mol. The van der Waals surface area contributed by atoms with Gasteiger partial charge in [-0.2, -0.15) is 13.2 Å². The Labute approximate surface area is 111 Å². The first-order chi connectivity index (χ1) is 8.78. The van der Waals surface area contributed by atoms with Gasteiger partial charge in [0.15, 0.2) is 5.41 Å². The van der Waals surface area contributed by atoms with Gasteiger partial charge in [-0.05, 0) is 25.8 Å². The molecule has 3 nitrogen and oxygen atoms in total. The van der Waals surface area contributed by atoms with E-state index in [1.165, 1.54) is 0 Å². The topological polar surface area (TPSA) is 40.5 Å². The van der Waals surface area contributed by atoms with Crippen molar-refractivity contribution in [3.05, 3.63) is 0 Å². The lowest BCUT2D eigenvalue weighted by Gasteiger charge is -2.31. The molecule has 0 radical (unpaired) electrons. The Balaban J connectivity index is 2.86. The molecule has 0 amide bonds. The largest absolute Gasteiger partial charge is 0.481 e. The van der Waals surface area contributed by atoms with Gasteiger partial charge in [0, 0.05) is 12.6 Å². The van der Waals surface area contributed by atoms with Crippen molar-refractivity contribution in [3.8, 4) is 0 Å². The molecule has 0 saturated carbocycles. The Hall–Kier alpha value is -0.780. The Bertz CT molecular complexity index is 314. The van der Waals surface area contributed by atoms with Crippen LogP contribution in [0, 0.1) is 5.41 Å². The van der Waals surface area contributed by atoms with Crippen LogP contribution in [0.3, 0.4) is 0 Å². The summed E-state index contributed by atoms with van der Waals surface area (Å²) in [5, 5.41) is 9.01. The van der Waals surface area contributed by atoms with E-state index in [0.717, 1.165) is 25.7 Å². The van der Waals surface area contributed by atoms with E-state index in [1.807, 2.05) is 13.8 Å². The van der Waals surface area contributed by atoms with E-state index in [4.69, 9.17) is 5.11 Å². The maximum Gasteiger partial charge on any atom is 0.406 e. The van der Waals surface area contributed by atoms with Crippen molar-refractivity contribution in [1.82, 2.24) is 4.90 Å². The molecular formula is C13H22F3NO2. The minimum atomic E-state index is -4.68. The molecule has 19 heavy (non-hydrogen) atoms. The lowest BCUT2D eigenvalue weighted by atomic mass is 9.86. The number of rotatable bonds is 6. The molecular weight excluding hydrogens is 259 g/mol. The van der Waals surface area contributed by atoms with Crippen LogP contribution in [0.2, 0.25) is 0 Å². The van der Waals surface area contributed by atoms with Gasteiger partial charge in [0.25, 0.3) is 0 Å². The van der Waals surface area contributed by atoms with E-state index in [-0.39, 0.29) is 19.0 Å². The van der Waals surface area contributed by atoms with Crippen LogP contribution in [0.15, 0.2) is 0 Å². The molecule has 0 aliphatic carbocycles. The summed E-state index contributed by atoms with van der Waals surface area (Å²) in [4.78, 5) is 12.8. The number of nitrogens with zero attached hydrogens (tertiary/aromatic N) is 1. The van der Waals surface area contributed by atoms with E-state index < -0.39 is 24.1 Å². The summed E-state index contributed by atoms with van der Waals surface area (Å²) in [6.07, 6.45) is -1.59. The molecule has 1 atom stereocenters. The van der Waals surface area contributed by atoms with E-state index >= 15 is 0 Å². The first-order valence-corrected chi connectivity index (χ1v) is 6.82. The normalized spacial score (nSPS) is 25.2. The highest BCUT2D eigenvalue weighted by atomic mass is 19.4. The SMILES string of the molecule is CCCC(CCC)N1CCC(C(=O)O)(C(F)(F)F)C1. The number of likely N-dealkylation sites (tertiary alicyclic amines) is 1. The molecule has 0 spiro atoms. The predicted octanol–water partition coefficient (Wildman–Crippen LogP) is 3.29. The van der Waals surface area contributed by atoms with Gasteiger partial charge in [-0.1, -0.05) is 26.7 Å². The molecule has 0 aromatic carbocycles. The van der Waals surface area contributed by atoms with Crippen LogP contribution in [-0.2, 0) is 4.79 Å². The number of hydrogen-bond donors (Lipinski definition) is 1. The van der Waals surface area contributed by atoms with E-state index in [2.05, 4.69) is 0 Å². The average molecular weight is 281 g/mol. The Morgan fingerprint density at radius 2 is 1.84 bits per heavy atom. The fourth-order valence-corrected chi connectivity index (χ4v) is 2.85. The Morgan fingerprint density at radius 3 is 2.16 bits per heavy atom. The van der Waals surface area contributed by atoms with Gasteiger partial charge in [0.05, 0.1) is 0 Å². The summed E-state index contributed by atoms with van der Waals surface area (Å²) < 4.78 is 39.2. The highest BCUT2D eigenvalue weighted by Gasteiger charge is 2.63. The average Bonchev–Trinajstić information content (AvgIpc) is 2.74. The minimum Gasteiger partial charge on any atom is -0.481 e. The molecule has 0 bridgehead atoms. The van der Waals surface area contributed by atoms with Crippen LogP contribution in [0.25, 0.3) is 0 Å². The first kappa shape index (κ1) is 16.3. The zero-order chi connectivity index (χ0) is 14.7. The maximum atomic E-state index is 13.1. The Morgan fingerprint density at radius 1 is 1.32 bits per heavy atom. The zero-order valence-corrected chi connectivity index (χ0v) is 11.5. The Kier molecular flexibility index (Phi) is 5.24. The first-order valence-electron chi connectivity index (χ1n) is 6.82. The van der Waals surface area contributed by atoms with Crippen LogP contribution in [0.4, 0.5) is 13.2 Å². The summed E-state index contributed by atoms with van der Waals surface area (Å²) in [6.45, 7) is 3.80. The molecule has 1 aliphatic rings. The molecule has 1 unspecified atom stereocenters. The number of carboxylic acids is 1. The van der Waals surface area contributed by atoms with Crippen LogP contribution >= 0.6 is 0 Å². The van der Waals surface area contributed by atoms with Crippen molar-refractivity contribution in [2.75, 3.05) is 13.1 Å². The lowest BCUT2D eigenvalue weighted by Crippen LogP contribution is -2.48. The van der Waals surface area contributed by atoms with Gasteiger partial charge in [0.2, 0.25) is 0 Å². The van der Waals surface area contributed by atoms with Gasteiger partial charge in [-0.15, -0.1) is 0 Å². The molecule has 0 aromatic rings. The van der Waals surface area contributed by atoms with Crippen LogP contribution in [-0.4, -0.2) is 41.3 Å². The van der Waals surface area contributed by atoms with E-state index in [9.17, 15) is 18.0 Å². The van der Waals surface area contributed by atoms with Crippen molar-refractivity contribution < 1.29 is 23.1 Å². The number of halogens is 3. The monoisotopic (exact) mass is 281 g/mol. The number of carbonyl (C=O) groups is 1. The van der Waals surface area contributed by atoms with Gasteiger partial charge in [0.1, 0.15) is 0 Å². The molecule has 1 aliphatic heterocycles. The lowest BCUT2D eigenvalue weighted by molar-refractivity contribution is -0.227. The maximum absolute atomic E-state index is 13.1. The van der Waals surface area contributed by atoms with E-state index in [0.29, 0.717) is 0 Å². The molecule has 1 rings (SSSR count). The molecule has 6 heteroatoms. The fraction of sp³-hybridized carbons (Fsp3) is 0.923. The van der Waals surface area contributed by atoms with Crippen molar-refractivity contribution in [3.63, 3.8) is 0 Å². The van der Waals surface area contributed by atoms with Crippen molar-refractivity contribution >= 4 is 5.97 Å². The number of aliphatic carboxylic acids is 1. The molecule has 112 valence electrons. The molecule has 1 fully saturated rings. The third-order valence-corrected chi connectivity index (χ3v) is 4.01. The van der Waals surface area contributed by atoms with Gasteiger partial charge >= 0.3 is 12.1 Å². The quantitative estimate of drug-likeness (QED) is 0.812. The van der Waals surface area contributed by atoms with Crippen LogP contribution < -0.4 is 0 Å². The fourth-order valence-electron chi connectivity index (χ4n) is 2.85. The number of hydrogen-bond acceptors (Lipinski definition) is 2.